The molecule has 2 unspecified atom stereocenters. The van der Waals surface area contributed by atoms with Gasteiger partial charge in [0.15, 0.2) is 0 Å². The van der Waals surface area contributed by atoms with Crippen molar-refractivity contribution >= 4 is 42.1 Å². The van der Waals surface area contributed by atoms with E-state index in [4.69, 9.17) is 25.8 Å². The first kappa shape index (κ1) is 39.1. The van der Waals surface area contributed by atoms with Crippen molar-refractivity contribution in [1.29, 1.82) is 0 Å². The van der Waals surface area contributed by atoms with Crippen molar-refractivity contribution in [3.63, 3.8) is 0 Å². The van der Waals surface area contributed by atoms with Crippen molar-refractivity contribution in [3.05, 3.63) is 95.6 Å². The second kappa shape index (κ2) is 24.2. The summed E-state index contributed by atoms with van der Waals surface area (Å²) in [5.74, 6) is -1.47. The van der Waals surface area contributed by atoms with Gasteiger partial charge in [-0.15, -0.1) is 0 Å². The quantitative estimate of drug-likeness (QED) is 0.0489. The molecule has 3 atom stereocenters. The third-order valence-corrected chi connectivity index (χ3v) is 8.52. The molecule has 1 fully saturated rings. The number of hydrogen-bond donors (Lipinski definition) is 1. The van der Waals surface area contributed by atoms with Crippen LogP contribution in [0.4, 0.5) is 0 Å². The van der Waals surface area contributed by atoms with Gasteiger partial charge in [-0.2, -0.15) is 12.6 Å². The molecule has 0 amide bonds. The lowest BCUT2D eigenvalue weighted by Gasteiger charge is -2.39. The largest absolute Gasteiger partial charge is 0.468 e. The minimum absolute atomic E-state index is 0.0492. The first-order valence-corrected chi connectivity index (χ1v) is 17.1. The average Bonchev–Trinajstić information content (AvgIpc) is 3.04. The molecule has 1 heterocycles. The van der Waals surface area contributed by atoms with Crippen molar-refractivity contribution < 1.29 is 28.6 Å². The number of likely N-dealkylation sites (tertiary alicyclic amines) is 1. The first-order valence-electron chi connectivity index (χ1n) is 16.2. The SMILES string of the molecule is CC/C=C\C/C=C\C/C=C\C/C=C\C/C=C\CCCC(=O)OCOC(=O)CC1CN([C@H](C(=O)OC)c2ccccc2Cl)CCC1S. The lowest BCUT2D eigenvalue weighted by atomic mass is 9.91. The molecule has 2 rings (SSSR count). The zero-order valence-electron chi connectivity index (χ0n) is 27.2. The number of methoxy groups -OCH3 is 1. The molecule has 1 saturated heterocycles. The van der Waals surface area contributed by atoms with Crippen molar-refractivity contribution in [2.45, 2.75) is 82.4 Å². The van der Waals surface area contributed by atoms with Crippen LogP contribution in [-0.4, -0.2) is 55.1 Å². The van der Waals surface area contributed by atoms with Gasteiger partial charge in [-0.3, -0.25) is 14.5 Å². The molecule has 1 aliphatic heterocycles. The van der Waals surface area contributed by atoms with E-state index < -0.39 is 30.7 Å². The van der Waals surface area contributed by atoms with Crippen molar-refractivity contribution in [3.8, 4) is 0 Å². The summed E-state index contributed by atoms with van der Waals surface area (Å²) in [4.78, 5) is 39.3. The minimum Gasteiger partial charge on any atom is -0.468 e. The number of unbranched alkanes of at least 4 members (excludes halogenated alkanes) is 1. The van der Waals surface area contributed by atoms with E-state index in [1.54, 1.807) is 18.2 Å². The molecule has 0 radical (unpaired) electrons. The zero-order valence-corrected chi connectivity index (χ0v) is 28.9. The number of nitrogens with zero attached hydrogens (tertiary/aromatic N) is 1. The Balaban J connectivity index is 1.61. The molecule has 0 bridgehead atoms. The zero-order chi connectivity index (χ0) is 33.4. The fraction of sp³-hybridized carbons (Fsp3) is 0.486. The number of esters is 3. The Labute approximate surface area is 285 Å². The van der Waals surface area contributed by atoms with Crippen LogP contribution in [0.25, 0.3) is 0 Å². The Hall–Kier alpha value is -3.07. The predicted molar refractivity (Wildman–Crippen MR) is 189 cm³/mol. The fourth-order valence-corrected chi connectivity index (χ4v) is 5.56. The standard InChI is InChI=1S/C37H50ClNO6S/c1-3-4-5-6-7-8-9-10-11-12-13-14-15-16-17-18-19-24-34(40)44-29-45-35(41)27-30-28-39(26-25-33(30)46)36(37(42)43-2)31-22-20-21-23-32(31)38/h4-5,7-8,10-11,13-14,16-17,20-23,30,33,36,46H,3,6,9,12,15,18-19,24-29H2,1-2H3/b5-4-,8-7-,11-10-,14-13-,17-16-/t30?,33?,36-/m0/s1. The third kappa shape index (κ3) is 16.0. The average molecular weight is 672 g/mol. The van der Waals surface area contributed by atoms with Crippen LogP contribution in [0.15, 0.2) is 85.0 Å². The van der Waals surface area contributed by atoms with Crippen molar-refractivity contribution in [2.75, 3.05) is 27.0 Å². The highest BCUT2D eigenvalue weighted by Crippen LogP contribution is 2.34. The summed E-state index contributed by atoms with van der Waals surface area (Å²) in [6.45, 7) is 2.75. The van der Waals surface area contributed by atoms with E-state index in [0.717, 1.165) is 38.5 Å². The molecule has 0 spiro atoms. The van der Waals surface area contributed by atoms with Crippen LogP contribution in [0.1, 0.15) is 82.7 Å². The summed E-state index contributed by atoms with van der Waals surface area (Å²) >= 11 is 11.1. The van der Waals surface area contributed by atoms with Crippen LogP contribution >= 0.6 is 24.2 Å². The maximum absolute atomic E-state index is 12.7. The van der Waals surface area contributed by atoms with Crippen molar-refractivity contribution in [1.82, 2.24) is 4.90 Å². The van der Waals surface area contributed by atoms with Crippen LogP contribution in [0.3, 0.4) is 0 Å². The number of rotatable bonds is 20. The predicted octanol–water partition coefficient (Wildman–Crippen LogP) is 8.53. The summed E-state index contributed by atoms with van der Waals surface area (Å²) in [6, 6.07) is 6.48. The maximum Gasteiger partial charge on any atom is 0.327 e. The van der Waals surface area contributed by atoms with E-state index in [1.165, 1.54) is 7.11 Å². The molecule has 0 aliphatic carbocycles. The van der Waals surface area contributed by atoms with Crippen LogP contribution in [0.5, 0.6) is 0 Å². The summed E-state index contributed by atoms with van der Waals surface area (Å²) in [5.41, 5.74) is 0.656. The first-order chi connectivity index (χ1) is 22.4. The number of allylic oxidation sites excluding steroid dienone is 10. The highest BCUT2D eigenvalue weighted by atomic mass is 35.5. The maximum atomic E-state index is 12.7. The Bertz CT molecular complexity index is 1210. The Morgan fingerprint density at radius 3 is 2.11 bits per heavy atom. The van der Waals surface area contributed by atoms with Crippen molar-refractivity contribution in [2.24, 2.45) is 5.92 Å². The molecule has 7 nitrogen and oxygen atoms in total. The number of piperidine rings is 1. The van der Waals surface area contributed by atoms with E-state index in [0.29, 0.717) is 36.5 Å². The molecule has 9 heteroatoms. The second-order valence-corrected chi connectivity index (χ2v) is 12.1. The molecule has 1 aromatic carbocycles. The molecule has 0 saturated carbocycles. The lowest BCUT2D eigenvalue weighted by Crippen LogP contribution is -2.46. The normalized spacial score (nSPS) is 18.3. The summed E-state index contributed by atoms with van der Waals surface area (Å²) < 4.78 is 15.4. The van der Waals surface area contributed by atoms with Gasteiger partial charge in [0.25, 0.3) is 0 Å². The highest BCUT2D eigenvalue weighted by Gasteiger charge is 2.37. The van der Waals surface area contributed by atoms with E-state index in [9.17, 15) is 14.4 Å². The molecule has 0 N–H and O–H groups in total. The van der Waals surface area contributed by atoms with Gasteiger partial charge in [-0.1, -0.05) is 97.5 Å². The number of ether oxygens (including phenoxy) is 3. The number of halogens is 1. The van der Waals surface area contributed by atoms with Gasteiger partial charge in [0, 0.05) is 29.8 Å². The van der Waals surface area contributed by atoms with Crippen LogP contribution in [-0.2, 0) is 28.6 Å². The third-order valence-electron chi connectivity index (χ3n) is 7.49. The minimum atomic E-state index is -0.686. The Morgan fingerprint density at radius 1 is 0.913 bits per heavy atom. The lowest BCUT2D eigenvalue weighted by molar-refractivity contribution is -0.168. The van der Waals surface area contributed by atoms with Crippen LogP contribution in [0.2, 0.25) is 5.02 Å². The number of hydrogen-bond acceptors (Lipinski definition) is 8. The van der Waals surface area contributed by atoms with E-state index >= 15 is 0 Å². The van der Waals surface area contributed by atoms with Crippen LogP contribution < -0.4 is 0 Å². The van der Waals surface area contributed by atoms with Gasteiger partial charge in [0.2, 0.25) is 6.79 Å². The Kier molecular flexibility index (Phi) is 20.5. The molecular formula is C37H50ClNO6S. The summed E-state index contributed by atoms with van der Waals surface area (Å²) in [6.07, 6.45) is 28.7. The topological polar surface area (TPSA) is 82.1 Å². The fourth-order valence-electron chi connectivity index (χ4n) is 5.00. The van der Waals surface area contributed by atoms with Crippen LogP contribution in [0, 0.1) is 5.92 Å². The monoisotopic (exact) mass is 671 g/mol. The molecule has 46 heavy (non-hydrogen) atoms. The smallest absolute Gasteiger partial charge is 0.327 e. The highest BCUT2D eigenvalue weighted by molar-refractivity contribution is 7.81. The molecule has 252 valence electrons. The van der Waals surface area contributed by atoms with E-state index in [1.807, 2.05) is 11.0 Å². The van der Waals surface area contributed by atoms with Gasteiger partial charge in [0.05, 0.1) is 13.5 Å². The van der Waals surface area contributed by atoms with Gasteiger partial charge in [-0.25, -0.2) is 4.79 Å². The molecular weight excluding hydrogens is 622 g/mol. The molecule has 1 aliphatic rings. The van der Waals surface area contributed by atoms with E-state index in [2.05, 4.69) is 80.3 Å². The Morgan fingerprint density at radius 2 is 1.50 bits per heavy atom. The second-order valence-electron chi connectivity index (χ2n) is 11.0. The summed E-state index contributed by atoms with van der Waals surface area (Å²) in [7, 11) is 1.35. The van der Waals surface area contributed by atoms with Gasteiger partial charge in [-0.05, 0) is 68.9 Å². The van der Waals surface area contributed by atoms with Gasteiger partial charge >= 0.3 is 17.9 Å². The summed E-state index contributed by atoms with van der Waals surface area (Å²) in [5, 5.41) is 0.424. The number of carbonyl (C=O) groups is 3. The van der Waals surface area contributed by atoms with E-state index in [-0.39, 0.29) is 24.0 Å². The molecule has 1 aromatic rings. The number of carbonyl (C=O) groups excluding carboxylic acids is 3. The molecule has 0 aromatic heterocycles. The number of thiol groups is 1. The van der Waals surface area contributed by atoms with Gasteiger partial charge < -0.3 is 14.2 Å². The van der Waals surface area contributed by atoms with Gasteiger partial charge in [0.1, 0.15) is 6.04 Å². The number of benzene rings is 1.